The second-order valence-electron chi connectivity index (χ2n) is 8.70. The highest BCUT2D eigenvalue weighted by Gasteiger charge is 2.26. The molecule has 172 valence electrons. The fourth-order valence-electron chi connectivity index (χ4n) is 3.79. The third-order valence-electron chi connectivity index (χ3n) is 5.49. The fourth-order valence-corrected chi connectivity index (χ4v) is 3.79. The first kappa shape index (κ1) is 23.3. The minimum atomic E-state index is -0.815. The van der Waals surface area contributed by atoms with Gasteiger partial charge in [-0.05, 0) is 44.7 Å². The number of oxazole rings is 1. The third-order valence-corrected chi connectivity index (χ3v) is 5.49. The molecule has 0 radical (unpaired) electrons. The molecular weight excluding hydrogens is 412 g/mol. The summed E-state index contributed by atoms with van der Waals surface area (Å²) in [5, 5.41) is 8.09. The van der Waals surface area contributed by atoms with Gasteiger partial charge in [-0.1, -0.05) is 12.8 Å². The fraction of sp³-hybridized carbons (Fsp3) is 0.478. The van der Waals surface area contributed by atoms with E-state index in [-0.39, 0.29) is 12.5 Å². The summed E-state index contributed by atoms with van der Waals surface area (Å²) in [6.07, 6.45) is 7.94. The van der Waals surface area contributed by atoms with E-state index in [2.05, 4.69) is 20.9 Å². The quantitative estimate of drug-likeness (QED) is 0.540. The van der Waals surface area contributed by atoms with Crippen molar-refractivity contribution in [3.63, 3.8) is 0 Å². The van der Waals surface area contributed by atoms with Gasteiger partial charge >= 0.3 is 11.8 Å². The molecule has 2 aromatic rings. The highest BCUT2D eigenvalue weighted by molar-refractivity contribution is 6.39. The monoisotopic (exact) mass is 442 g/mol. The van der Waals surface area contributed by atoms with E-state index >= 15 is 0 Å². The summed E-state index contributed by atoms with van der Waals surface area (Å²) in [5.41, 5.74) is 0.281. The first-order chi connectivity index (χ1) is 15.3. The number of anilines is 1. The Hall–Kier alpha value is -3.36. The maximum Gasteiger partial charge on any atom is 0.313 e. The van der Waals surface area contributed by atoms with E-state index in [0.717, 1.165) is 12.8 Å². The first-order valence-corrected chi connectivity index (χ1v) is 10.7. The van der Waals surface area contributed by atoms with Crippen molar-refractivity contribution in [1.29, 1.82) is 0 Å². The van der Waals surface area contributed by atoms with Crippen molar-refractivity contribution in [3.05, 3.63) is 30.8 Å². The Morgan fingerprint density at radius 3 is 2.59 bits per heavy atom. The number of carbonyl (C=O) groups is 3. The van der Waals surface area contributed by atoms with Gasteiger partial charge in [-0.2, -0.15) is 0 Å². The smallest absolute Gasteiger partial charge is 0.313 e. The van der Waals surface area contributed by atoms with Crippen LogP contribution in [0.15, 0.2) is 35.2 Å². The zero-order valence-electron chi connectivity index (χ0n) is 18.7. The van der Waals surface area contributed by atoms with Crippen LogP contribution in [-0.4, -0.2) is 41.9 Å². The van der Waals surface area contributed by atoms with Crippen LogP contribution in [-0.2, 0) is 14.4 Å². The molecule has 1 saturated carbocycles. The molecule has 0 bridgehead atoms. The van der Waals surface area contributed by atoms with Crippen molar-refractivity contribution >= 4 is 23.4 Å². The van der Waals surface area contributed by atoms with Gasteiger partial charge in [0, 0.05) is 24.7 Å². The Balaban J connectivity index is 1.52. The third kappa shape index (κ3) is 6.32. The topological polar surface area (TPSA) is 123 Å². The molecule has 32 heavy (non-hydrogen) atoms. The lowest BCUT2D eigenvalue weighted by molar-refractivity contribution is -0.137. The largest absolute Gasteiger partial charge is 0.496 e. The molecule has 1 aromatic carbocycles. The molecule has 1 heterocycles. The van der Waals surface area contributed by atoms with Gasteiger partial charge in [-0.3, -0.25) is 14.4 Å². The second kappa shape index (κ2) is 10.3. The van der Waals surface area contributed by atoms with Crippen LogP contribution in [0.3, 0.4) is 0 Å². The van der Waals surface area contributed by atoms with Crippen molar-refractivity contribution in [1.82, 2.24) is 15.6 Å². The van der Waals surface area contributed by atoms with Crippen LogP contribution in [0.5, 0.6) is 5.75 Å². The summed E-state index contributed by atoms with van der Waals surface area (Å²) in [7, 11) is 1.50. The molecule has 9 nitrogen and oxygen atoms in total. The molecule has 0 saturated heterocycles. The van der Waals surface area contributed by atoms with Gasteiger partial charge in [0.15, 0.2) is 12.2 Å². The van der Waals surface area contributed by atoms with Crippen LogP contribution < -0.4 is 20.7 Å². The maximum absolute atomic E-state index is 12.4. The number of amides is 3. The molecule has 1 aromatic heterocycles. The van der Waals surface area contributed by atoms with Crippen LogP contribution in [0.2, 0.25) is 0 Å². The Bertz CT molecular complexity index is 949. The normalized spacial score (nSPS) is 14.1. The van der Waals surface area contributed by atoms with Crippen LogP contribution in [0.25, 0.3) is 11.3 Å². The zero-order valence-corrected chi connectivity index (χ0v) is 18.7. The molecule has 1 aliphatic carbocycles. The summed E-state index contributed by atoms with van der Waals surface area (Å²) in [6.45, 7) is 3.74. The number of benzene rings is 1. The van der Waals surface area contributed by atoms with Crippen LogP contribution in [0.1, 0.15) is 46.0 Å². The molecule has 1 aliphatic rings. The molecule has 3 rings (SSSR count). The highest BCUT2D eigenvalue weighted by atomic mass is 16.5. The molecular formula is C23H30N4O5. The summed E-state index contributed by atoms with van der Waals surface area (Å²) in [6, 6.07) is 4.94. The van der Waals surface area contributed by atoms with Crippen molar-refractivity contribution in [2.75, 3.05) is 19.0 Å². The van der Waals surface area contributed by atoms with E-state index < -0.39 is 17.4 Å². The van der Waals surface area contributed by atoms with E-state index in [1.807, 2.05) is 0 Å². The Labute approximate surface area is 187 Å². The minimum Gasteiger partial charge on any atom is -0.496 e. The minimum absolute atomic E-state index is 0.0254. The number of rotatable bonds is 8. The summed E-state index contributed by atoms with van der Waals surface area (Å²) < 4.78 is 10.6. The van der Waals surface area contributed by atoms with Gasteiger partial charge in [0.2, 0.25) is 5.91 Å². The number of methoxy groups -OCH3 is 1. The van der Waals surface area contributed by atoms with E-state index in [9.17, 15) is 14.4 Å². The van der Waals surface area contributed by atoms with Gasteiger partial charge in [0.25, 0.3) is 0 Å². The molecule has 9 heteroatoms. The predicted octanol–water partition coefficient (Wildman–Crippen LogP) is 2.88. The average molecular weight is 443 g/mol. The van der Waals surface area contributed by atoms with Gasteiger partial charge < -0.3 is 25.1 Å². The van der Waals surface area contributed by atoms with Crippen molar-refractivity contribution in [3.8, 4) is 17.1 Å². The SMILES string of the molecule is COc1cc(NC(=O)C(=O)NC(C)(C)CNC(=O)CC2CCCC2)ccc1-c1cnco1. The second-order valence-corrected chi connectivity index (χ2v) is 8.70. The van der Waals surface area contributed by atoms with Gasteiger partial charge in [-0.25, -0.2) is 4.98 Å². The standard InChI is InChI=1S/C23H30N4O5/c1-23(2,13-25-20(28)10-15-6-4-5-7-15)27-22(30)21(29)26-16-8-9-17(18(11-16)31-3)19-12-24-14-32-19/h8-9,11-12,14-15H,4-7,10,13H2,1-3H3,(H,25,28)(H,26,29)(H,27,30). The Morgan fingerprint density at radius 2 is 1.94 bits per heavy atom. The number of nitrogens with zero attached hydrogens (tertiary/aromatic N) is 1. The van der Waals surface area contributed by atoms with Gasteiger partial charge in [0.05, 0.1) is 24.4 Å². The number of ether oxygens (including phenoxy) is 1. The van der Waals surface area contributed by atoms with E-state index in [1.165, 1.54) is 26.3 Å². The number of carbonyl (C=O) groups excluding carboxylic acids is 3. The number of hydrogen-bond acceptors (Lipinski definition) is 6. The number of aromatic nitrogens is 1. The van der Waals surface area contributed by atoms with Crippen LogP contribution in [0.4, 0.5) is 5.69 Å². The van der Waals surface area contributed by atoms with E-state index in [1.54, 1.807) is 38.2 Å². The van der Waals surface area contributed by atoms with Crippen molar-refractivity contribution < 1.29 is 23.5 Å². The van der Waals surface area contributed by atoms with E-state index in [4.69, 9.17) is 9.15 Å². The predicted molar refractivity (Wildman–Crippen MR) is 119 cm³/mol. The number of nitrogens with one attached hydrogen (secondary N) is 3. The van der Waals surface area contributed by atoms with Crippen LogP contribution >= 0.6 is 0 Å². The molecule has 1 fully saturated rings. The summed E-state index contributed by atoms with van der Waals surface area (Å²) >= 11 is 0. The number of hydrogen-bond donors (Lipinski definition) is 3. The van der Waals surface area contributed by atoms with Gasteiger partial charge in [0.1, 0.15) is 5.75 Å². The molecule has 0 aliphatic heterocycles. The molecule has 3 amide bonds. The highest BCUT2D eigenvalue weighted by Crippen LogP contribution is 2.32. The summed E-state index contributed by atoms with van der Waals surface area (Å²) in [4.78, 5) is 40.8. The lowest BCUT2D eigenvalue weighted by Gasteiger charge is -2.26. The molecule has 0 spiro atoms. The van der Waals surface area contributed by atoms with Crippen LogP contribution in [0, 0.1) is 5.92 Å². The molecule has 0 atom stereocenters. The summed E-state index contributed by atoms with van der Waals surface area (Å²) in [5.74, 6) is -0.198. The maximum atomic E-state index is 12.4. The average Bonchev–Trinajstić information content (AvgIpc) is 3.46. The lowest BCUT2D eigenvalue weighted by Crippen LogP contribution is -2.54. The van der Waals surface area contributed by atoms with Crippen molar-refractivity contribution in [2.45, 2.75) is 51.5 Å². The molecule has 0 unspecified atom stereocenters. The lowest BCUT2D eigenvalue weighted by atomic mass is 10.0. The Morgan fingerprint density at radius 1 is 1.19 bits per heavy atom. The van der Waals surface area contributed by atoms with Crippen molar-refractivity contribution in [2.24, 2.45) is 5.92 Å². The van der Waals surface area contributed by atoms with E-state index in [0.29, 0.717) is 35.1 Å². The zero-order chi connectivity index (χ0) is 23.1. The first-order valence-electron chi connectivity index (χ1n) is 10.7. The van der Waals surface area contributed by atoms with Gasteiger partial charge in [-0.15, -0.1) is 0 Å². The molecule has 3 N–H and O–H groups in total. The Kier molecular flexibility index (Phi) is 7.50.